The summed E-state index contributed by atoms with van der Waals surface area (Å²) in [6.45, 7) is 4.07. The van der Waals surface area contributed by atoms with Gasteiger partial charge in [-0.25, -0.2) is 4.98 Å². The van der Waals surface area contributed by atoms with Gasteiger partial charge in [0.25, 0.3) is 0 Å². The number of hydrogen-bond acceptors (Lipinski definition) is 4. The van der Waals surface area contributed by atoms with Crippen LogP contribution < -0.4 is 0 Å². The number of hydrogen-bond donors (Lipinski definition) is 1. The van der Waals surface area contributed by atoms with Gasteiger partial charge < -0.3 is 4.74 Å². The Morgan fingerprint density at radius 2 is 2.29 bits per heavy atom. The minimum absolute atomic E-state index is 0.112. The molecule has 0 aliphatic carbocycles. The Balaban J connectivity index is 2.79. The van der Waals surface area contributed by atoms with Crippen LogP contribution in [0.1, 0.15) is 31.6 Å². The van der Waals surface area contributed by atoms with E-state index in [0.29, 0.717) is 17.6 Å². The van der Waals surface area contributed by atoms with Gasteiger partial charge in [0.15, 0.2) is 5.82 Å². The predicted molar refractivity (Wildman–Crippen MR) is 50.3 cm³/mol. The monoisotopic (exact) mass is 194 g/mol. The van der Waals surface area contributed by atoms with Crippen molar-refractivity contribution in [2.75, 3.05) is 7.11 Å². The fourth-order valence-corrected chi connectivity index (χ4v) is 1.27. The van der Waals surface area contributed by atoms with Crippen molar-refractivity contribution < 1.29 is 4.74 Å². The average molecular weight is 194 g/mol. The minimum atomic E-state index is -0.112. The van der Waals surface area contributed by atoms with Crippen LogP contribution in [0.4, 0.5) is 0 Å². The number of aromatic nitrogens is 3. The zero-order valence-corrected chi connectivity index (χ0v) is 8.61. The van der Waals surface area contributed by atoms with Crippen molar-refractivity contribution in [2.45, 2.75) is 26.4 Å². The summed E-state index contributed by atoms with van der Waals surface area (Å²) < 4.78 is 5.26. The van der Waals surface area contributed by atoms with E-state index in [1.54, 1.807) is 7.11 Å². The minimum Gasteiger partial charge on any atom is -0.373 e. The van der Waals surface area contributed by atoms with Crippen LogP contribution in [0.3, 0.4) is 0 Å². The van der Waals surface area contributed by atoms with Crippen molar-refractivity contribution in [3.63, 3.8) is 0 Å². The number of aromatic amines is 1. The van der Waals surface area contributed by atoms with Gasteiger partial charge in [-0.2, -0.15) is 10.4 Å². The maximum atomic E-state index is 8.46. The van der Waals surface area contributed by atoms with Crippen LogP contribution in [0.25, 0.3) is 0 Å². The van der Waals surface area contributed by atoms with Crippen LogP contribution in [-0.2, 0) is 11.2 Å². The topological polar surface area (TPSA) is 74.6 Å². The molecule has 0 aliphatic rings. The third kappa shape index (κ3) is 2.30. The highest BCUT2D eigenvalue weighted by molar-refractivity contribution is 4.99. The molecule has 0 amide bonds. The molecular formula is C9H14N4O. The largest absolute Gasteiger partial charge is 0.373 e. The molecule has 0 bridgehead atoms. The molecule has 0 aromatic carbocycles. The van der Waals surface area contributed by atoms with E-state index in [-0.39, 0.29) is 12.5 Å². The lowest BCUT2D eigenvalue weighted by atomic mass is 10.1. The van der Waals surface area contributed by atoms with Crippen molar-refractivity contribution in [2.24, 2.45) is 5.92 Å². The highest BCUT2D eigenvalue weighted by Gasteiger charge is 2.19. The highest BCUT2D eigenvalue weighted by atomic mass is 16.5. The van der Waals surface area contributed by atoms with Crippen molar-refractivity contribution in [1.29, 1.82) is 5.26 Å². The molecule has 76 valence electrons. The van der Waals surface area contributed by atoms with Crippen molar-refractivity contribution in [1.82, 2.24) is 15.2 Å². The number of H-pyrrole nitrogens is 1. The van der Waals surface area contributed by atoms with Gasteiger partial charge in [-0.1, -0.05) is 13.8 Å². The van der Waals surface area contributed by atoms with Crippen LogP contribution in [0.5, 0.6) is 0 Å². The fraction of sp³-hybridized carbons (Fsp3) is 0.667. The Morgan fingerprint density at radius 1 is 1.57 bits per heavy atom. The second-order valence-corrected chi connectivity index (χ2v) is 3.38. The van der Waals surface area contributed by atoms with Crippen molar-refractivity contribution in [3.05, 3.63) is 11.6 Å². The molecule has 1 N–H and O–H groups in total. The summed E-state index contributed by atoms with van der Waals surface area (Å²) in [7, 11) is 1.63. The zero-order valence-electron chi connectivity index (χ0n) is 8.61. The summed E-state index contributed by atoms with van der Waals surface area (Å²) in [5.74, 6) is 1.52. The van der Waals surface area contributed by atoms with Gasteiger partial charge in [0.05, 0.1) is 12.5 Å². The summed E-state index contributed by atoms with van der Waals surface area (Å²) in [6, 6.07) is 2.01. The van der Waals surface area contributed by atoms with Gasteiger partial charge in [0.2, 0.25) is 0 Å². The molecule has 5 heteroatoms. The third-order valence-corrected chi connectivity index (χ3v) is 1.91. The van der Waals surface area contributed by atoms with Crippen LogP contribution >= 0.6 is 0 Å². The number of methoxy groups -OCH3 is 1. The molecule has 0 aliphatic heterocycles. The van der Waals surface area contributed by atoms with E-state index < -0.39 is 0 Å². The van der Waals surface area contributed by atoms with E-state index in [0.717, 1.165) is 0 Å². The number of nitrogens with one attached hydrogen (secondary N) is 1. The van der Waals surface area contributed by atoms with Crippen LogP contribution in [0, 0.1) is 17.2 Å². The zero-order chi connectivity index (χ0) is 10.6. The summed E-state index contributed by atoms with van der Waals surface area (Å²) in [4.78, 5) is 4.18. The molecule has 0 fully saturated rings. The first-order valence-corrected chi connectivity index (χ1v) is 4.50. The predicted octanol–water partition coefficient (Wildman–Crippen LogP) is 1.21. The van der Waals surface area contributed by atoms with Crippen molar-refractivity contribution >= 4 is 0 Å². The van der Waals surface area contributed by atoms with Gasteiger partial charge in [0, 0.05) is 7.11 Å². The summed E-state index contributed by atoms with van der Waals surface area (Å²) in [6.07, 6.45) is 0.139. The number of nitrogens with zero attached hydrogens (tertiary/aromatic N) is 3. The maximum Gasteiger partial charge on any atom is 0.179 e. The second kappa shape index (κ2) is 4.72. The van der Waals surface area contributed by atoms with Crippen LogP contribution in [0.2, 0.25) is 0 Å². The Kier molecular flexibility index (Phi) is 3.60. The molecule has 1 unspecified atom stereocenters. The van der Waals surface area contributed by atoms with E-state index in [2.05, 4.69) is 15.2 Å². The molecule has 0 saturated heterocycles. The molecule has 5 nitrogen and oxygen atoms in total. The standard InChI is InChI=1S/C9H14N4O/c1-6(2)8(14-3)9-11-7(4-5-10)12-13-9/h6,8H,4H2,1-3H3,(H,11,12,13). The first kappa shape index (κ1) is 10.7. The smallest absolute Gasteiger partial charge is 0.179 e. The summed E-state index contributed by atoms with van der Waals surface area (Å²) in [5, 5.41) is 15.2. The Morgan fingerprint density at radius 3 is 2.79 bits per heavy atom. The van der Waals surface area contributed by atoms with Crippen LogP contribution in [0.15, 0.2) is 0 Å². The lowest BCUT2D eigenvalue weighted by Crippen LogP contribution is -2.10. The van der Waals surface area contributed by atoms with Gasteiger partial charge in [0.1, 0.15) is 11.9 Å². The molecule has 1 rings (SSSR count). The van der Waals surface area contributed by atoms with E-state index in [1.165, 1.54) is 0 Å². The summed E-state index contributed by atoms with van der Waals surface area (Å²) in [5.41, 5.74) is 0. The van der Waals surface area contributed by atoms with Crippen LogP contribution in [-0.4, -0.2) is 22.3 Å². The molecule has 1 aromatic heterocycles. The van der Waals surface area contributed by atoms with Crippen molar-refractivity contribution in [3.8, 4) is 6.07 Å². The quantitative estimate of drug-likeness (QED) is 0.781. The molecule has 1 heterocycles. The Labute approximate surface area is 83.1 Å². The molecule has 0 radical (unpaired) electrons. The van der Waals surface area contributed by atoms with E-state index in [9.17, 15) is 0 Å². The molecule has 0 saturated carbocycles. The fourth-order valence-electron chi connectivity index (χ4n) is 1.27. The Hall–Kier alpha value is -1.41. The molecule has 14 heavy (non-hydrogen) atoms. The molecule has 0 spiro atoms. The molecular weight excluding hydrogens is 180 g/mol. The normalized spacial score (nSPS) is 12.8. The van der Waals surface area contributed by atoms with Gasteiger partial charge >= 0.3 is 0 Å². The van der Waals surface area contributed by atoms with E-state index in [1.807, 2.05) is 19.9 Å². The highest BCUT2D eigenvalue weighted by Crippen LogP contribution is 2.21. The maximum absolute atomic E-state index is 8.46. The second-order valence-electron chi connectivity index (χ2n) is 3.38. The average Bonchev–Trinajstić information content (AvgIpc) is 2.54. The van der Waals surface area contributed by atoms with Gasteiger partial charge in [-0.15, -0.1) is 0 Å². The lowest BCUT2D eigenvalue weighted by Gasteiger charge is -2.14. The third-order valence-electron chi connectivity index (χ3n) is 1.91. The van der Waals surface area contributed by atoms with Gasteiger partial charge in [-0.3, -0.25) is 5.10 Å². The number of ether oxygens (including phenoxy) is 1. The number of nitriles is 1. The first-order chi connectivity index (χ1) is 6.69. The number of rotatable bonds is 4. The summed E-state index contributed by atoms with van der Waals surface area (Å²) >= 11 is 0. The SMILES string of the molecule is COC(c1n[nH]c(CC#N)n1)C(C)C. The Bertz CT molecular complexity index is 326. The lowest BCUT2D eigenvalue weighted by molar-refractivity contribution is 0.0577. The first-order valence-electron chi connectivity index (χ1n) is 4.50. The van der Waals surface area contributed by atoms with E-state index >= 15 is 0 Å². The molecule has 1 atom stereocenters. The van der Waals surface area contributed by atoms with Gasteiger partial charge in [-0.05, 0) is 5.92 Å². The van der Waals surface area contributed by atoms with E-state index in [4.69, 9.17) is 10.00 Å². The molecule has 1 aromatic rings.